The third-order valence-electron chi connectivity index (χ3n) is 2.43. The number of nitrogens with one attached hydrogen (secondary N) is 1. The lowest BCUT2D eigenvalue weighted by Crippen LogP contribution is -2.08. The van der Waals surface area contributed by atoms with Crippen LogP contribution in [-0.4, -0.2) is 41.7 Å². The topological polar surface area (TPSA) is 94.3 Å². The summed E-state index contributed by atoms with van der Waals surface area (Å²) in [5.41, 5.74) is 0.449. The molecule has 0 radical (unpaired) electrons. The Bertz CT molecular complexity index is 727. The van der Waals surface area contributed by atoms with Gasteiger partial charge < -0.3 is 5.32 Å². The van der Waals surface area contributed by atoms with E-state index in [2.05, 4.69) is 35.3 Å². The fourth-order valence-corrected chi connectivity index (χ4v) is 1.55. The molecule has 0 amide bonds. The summed E-state index contributed by atoms with van der Waals surface area (Å²) in [6, 6.07) is 1.30. The Balaban J connectivity index is 2.14. The van der Waals surface area contributed by atoms with E-state index in [4.69, 9.17) is 0 Å². The first kappa shape index (κ1) is 12.1. The summed E-state index contributed by atoms with van der Waals surface area (Å²) >= 11 is 0. The minimum atomic E-state index is -0.462. The van der Waals surface area contributed by atoms with Crippen molar-refractivity contribution in [1.82, 2.24) is 34.7 Å². The van der Waals surface area contributed by atoms with Crippen LogP contribution in [0.3, 0.4) is 0 Å². The molecule has 100 valence electrons. The molecule has 8 nitrogen and oxygen atoms in total. The van der Waals surface area contributed by atoms with Gasteiger partial charge in [0.2, 0.25) is 5.95 Å². The molecule has 3 rings (SSSR count). The lowest BCUT2D eigenvalue weighted by molar-refractivity contribution is 0.621. The third-order valence-corrected chi connectivity index (χ3v) is 2.43. The normalized spacial score (nSPS) is 10.5. The van der Waals surface area contributed by atoms with E-state index in [1.54, 1.807) is 7.05 Å². The number of rotatable bonds is 3. The molecule has 0 unspecified atom stereocenters. The summed E-state index contributed by atoms with van der Waals surface area (Å²) in [6.45, 7) is 0. The predicted molar refractivity (Wildman–Crippen MR) is 67.5 cm³/mol. The van der Waals surface area contributed by atoms with Gasteiger partial charge in [0.05, 0.1) is 6.20 Å². The molecule has 3 heterocycles. The van der Waals surface area contributed by atoms with Gasteiger partial charge in [-0.1, -0.05) is 0 Å². The SMILES string of the molecule is CNc1nc(-c2cncc(F)c2)nc(-n2cncn2)n1. The number of hydrogen-bond acceptors (Lipinski definition) is 7. The second-order valence-electron chi connectivity index (χ2n) is 3.76. The highest BCUT2D eigenvalue weighted by Crippen LogP contribution is 2.16. The molecule has 3 aromatic heterocycles. The van der Waals surface area contributed by atoms with E-state index in [-0.39, 0.29) is 5.95 Å². The monoisotopic (exact) mass is 272 g/mol. The van der Waals surface area contributed by atoms with Crippen LogP contribution < -0.4 is 5.32 Å². The summed E-state index contributed by atoms with van der Waals surface area (Å²) in [7, 11) is 1.67. The molecule has 3 aromatic rings. The van der Waals surface area contributed by atoms with Gasteiger partial charge in [0, 0.05) is 18.8 Å². The Kier molecular flexibility index (Phi) is 2.99. The summed E-state index contributed by atoms with van der Waals surface area (Å²) in [4.78, 5) is 20.2. The summed E-state index contributed by atoms with van der Waals surface area (Å²) < 4.78 is 14.6. The van der Waals surface area contributed by atoms with Crippen molar-refractivity contribution < 1.29 is 4.39 Å². The van der Waals surface area contributed by atoms with Gasteiger partial charge in [-0.25, -0.2) is 9.37 Å². The van der Waals surface area contributed by atoms with Crippen LogP contribution in [0.4, 0.5) is 10.3 Å². The van der Waals surface area contributed by atoms with Gasteiger partial charge in [0.25, 0.3) is 5.95 Å². The molecule has 0 atom stereocenters. The van der Waals surface area contributed by atoms with Crippen LogP contribution in [0, 0.1) is 5.82 Å². The lowest BCUT2D eigenvalue weighted by Gasteiger charge is -2.06. The van der Waals surface area contributed by atoms with Crippen LogP contribution in [0.25, 0.3) is 17.3 Å². The van der Waals surface area contributed by atoms with Gasteiger partial charge in [0.15, 0.2) is 5.82 Å². The van der Waals surface area contributed by atoms with E-state index in [1.165, 1.54) is 29.6 Å². The van der Waals surface area contributed by atoms with Gasteiger partial charge in [-0.05, 0) is 6.07 Å². The first-order valence-corrected chi connectivity index (χ1v) is 5.66. The first-order valence-electron chi connectivity index (χ1n) is 5.66. The van der Waals surface area contributed by atoms with Crippen LogP contribution in [-0.2, 0) is 0 Å². The first-order chi connectivity index (χ1) is 9.76. The largest absolute Gasteiger partial charge is 0.357 e. The average molecular weight is 272 g/mol. The van der Waals surface area contributed by atoms with E-state index in [0.29, 0.717) is 17.3 Å². The van der Waals surface area contributed by atoms with Crippen molar-refractivity contribution in [2.75, 3.05) is 12.4 Å². The number of pyridine rings is 1. The number of nitrogens with zero attached hydrogens (tertiary/aromatic N) is 7. The molecule has 1 N–H and O–H groups in total. The van der Waals surface area contributed by atoms with E-state index in [9.17, 15) is 4.39 Å². The minimum absolute atomic E-state index is 0.279. The average Bonchev–Trinajstić information content (AvgIpc) is 3.01. The molecule has 0 spiro atoms. The highest BCUT2D eigenvalue weighted by Gasteiger charge is 2.10. The van der Waals surface area contributed by atoms with Crippen molar-refractivity contribution >= 4 is 5.95 Å². The van der Waals surface area contributed by atoms with Crippen molar-refractivity contribution in [3.8, 4) is 17.3 Å². The molecule has 0 aliphatic carbocycles. The van der Waals surface area contributed by atoms with Crippen LogP contribution in [0.15, 0.2) is 31.1 Å². The van der Waals surface area contributed by atoms with Crippen LogP contribution in [0.1, 0.15) is 0 Å². The molecule has 0 saturated heterocycles. The fraction of sp³-hybridized carbons (Fsp3) is 0.0909. The standard InChI is InChI=1S/C11H9FN8/c1-13-10-17-9(7-2-8(12)4-14-3-7)18-11(19-10)20-6-15-5-16-20/h2-6H,1H3,(H,13,17,18,19). The molecule has 0 aliphatic heterocycles. The highest BCUT2D eigenvalue weighted by atomic mass is 19.1. The summed E-state index contributed by atoms with van der Waals surface area (Å²) in [5.74, 6) is 0.448. The van der Waals surface area contributed by atoms with Crippen molar-refractivity contribution in [2.45, 2.75) is 0 Å². The van der Waals surface area contributed by atoms with Gasteiger partial charge in [-0.3, -0.25) is 4.98 Å². The Morgan fingerprint density at radius 1 is 1.15 bits per heavy atom. The second kappa shape index (κ2) is 4.96. The maximum Gasteiger partial charge on any atom is 0.257 e. The smallest absolute Gasteiger partial charge is 0.257 e. The van der Waals surface area contributed by atoms with Crippen molar-refractivity contribution in [3.63, 3.8) is 0 Å². The zero-order valence-corrected chi connectivity index (χ0v) is 10.4. The quantitative estimate of drug-likeness (QED) is 0.749. The number of halogens is 1. The van der Waals surface area contributed by atoms with Crippen molar-refractivity contribution in [2.24, 2.45) is 0 Å². The zero-order valence-electron chi connectivity index (χ0n) is 10.4. The van der Waals surface area contributed by atoms with Crippen LogP contribution in [0.2, 0.25) is 0 Å². The number of hydrogen-bond donors (Lipinski definition) is 1. The third kappa shape index (κ3) is 2.28. The van der Waals surface area contributed by atoms with Crippen LogP contribution in [0.5, 0.6) is 0 Å². The Labute approximate surface area is 112 Å². The fourth-order valence-electron chi connectivity index (χ4n) is 1.55. The van der Waals surface area contributed by atoms with Crippen molar-refractivity contribution in [3.05, 3.63) is 36.9 Å². The second-order valence-corrected chi connectivity index (χ2v) is 3.76. The maximum absolute atomic E-state index is 13.2. The van der Waals surface area contributed by atoms with Gasteiger partial charge in [-0.2, -0.15) is 24.7 Å². The molecule has 9 heteroatoms. The molecule has 0 saturated carbocycles. The van der Waals surface area contributed by atoms with Gasteiger partial charge in [0.1, 0.15) is 18.5 Å². The molecule has 0 aromatic carbocycles. The van der Waals surface area contributed by atoms with E-state index < -0.39 is 5.82 Å². The molecule has 0 fully saturated rings. The Hall–Kier alpha value is -2.97. The lowest BCUT2D eigenvalue weighted by atomic mass is 10.2. The van der Waals surface area contributed by atoms with Crippen molar-refractivity contribution in [1.29, 1.82) is 0 Å². The maximum atomic E-state index is 13.2. The van der Waals surface area contributed by atoms with Gasteiger partial charge in [-0.15, -0.1) is 0 Å². The summed E-state index contributed by atoms with van der Waals surface area (Å²) in [5, 5.41) is 6.77. The number of anilines is 1. The van der Waals surface area contributed by atoms with E-state index in [1.807, 2.05) is 0 Å². The Morgan fingerprint density at radius 3 is 2.75 bits per heavy atom. The highest BCUT2D eigenvalue weighted by molar-refractivity contribution is 5.55. The predicted octanol–water partition coefficient (Wildman–Crippen LogP) is 0.695. The molecule has 20 heavy (non-hydrogen) atoms. The molecule has 0 bridgehead atoms. The molecular weight excluding hydrogens is 263 g/mol. The summed E-state index contributed by atoms with van der Waals surface area (Å²) in [6.07, 6.45) is 5.42. The number of aromatic nitrogens is 7. The van der Waals surface area contributed by atoms with E-state index in [0.717, 1.165) is 6.20 Å². The Morgan fingerprint density at radius 2 is 2.05 bits per heavy atom. The zero-order chi connectivity index (χ0) is 13.9. The van der Waals surface area contributed by atoms with E-state index >= 15 is 0 Å². The molecular formula is C11H9FN8. The van der Waals surface area contributed by atoms with Crippen LogP contribution >= 0.6 is 0 Å². The van der Waals surface area contributed by atoms with Gasteiger partial charge >= 0.3 is 0 Å². The minimum Gasteiger partial charge on any atom is -0.357 e. The molecule has 0 aliphatic rings.